The second kappa shape index (κ2) is 5.94. The lowest BCUT2D eigenvalue weighted by molar-refractivity contribution is 0.0697. The van der Waals surface area contributed by atoms with Crippen molar-refractivity contribution in [1.82, 2.24) is 0 Å². The van der Waals surface area contributed by atoms with Gasteiger partial charge in [0.05, 0.1) is 5.56 Å². The third-order valence-electron chi connectivity index (χ3n) is 4.98. The third kappa shape index (κ3) is 2.77. The molecule has 2 aromatic rings. The molecule has 3 rings (SSSR count). The first-order chi connectivity index (χ1) is 11.3. The predicted octanol–water partition coefficient (Wildman–Crippen LogP) is 5.77. The number of fused-ring (bicyclic) bond motifs is 1. The van der Waals surface area contributed by atoms with Crippen LogP contribution >= 0.6 is 0 Å². The molecule has 0 atom stereocenters. The van der Waals surface area contributed by atoms with Crippen molar-refractivity contribution >= 4 is 11.5 Å². The van der Waals surface area contributed by atoms with Gasteiger partial charge >= 0.3 is 5.97 Å². The Kier molecular flexibility index (Phi) is 4.08. The van der Waals surface area contributed by atoms with Gasteiger partial charge in [-0.1, -0.05) is 64.1 Å². The summed E-state index contributed by atoms with van der Waals surface area (Å²) < 4.78 is 0. The molecule has 0 saturated heterocycles. The maximum absolute atomic E-state index is 11.5. The molecule has 2 aromatic carbocycles. The number of carboxylic acids is 1. The highest BCUT2D eigenvalue weighted by atomic mass is 16.4. The van der Waals surface area contributed by atoms with Crippen LogP contribution in [0.2, 0.25) is 0 Å². The first-order valence-electron chi connectivity index (χ1n) is 8.49. The normalized spacial score (nSPS) is 15.8. The van der Waals surface area contributed by atoms with Crippen LogP contribution in [0.25, 0.3) is 16.7 Å². The van der Waals surface area contributed by atoms with Crippen LogP contribution in [-0.4, -0.2) is 11.1 Å². The van der Waals surface area contributed by atoms with Gasteiger partial charge in [0.2, 0.25) is 0 Å². The van der Waals surface area contributed by atoms with E-state index in [9.17, 15) is 9.90 Å². The molecule has 0 aliphatic heterocycles. The highest BCUT2D eigenvalue weighted by molar-refractivity contribution is 5.96. The average Bonchev–Trinajstić information content (AvgIpc) is 2.54. The minimum absolute atomic E-state index is 0.110. The number of aromatic carboxylic acids is 1. The Hall–Kier alpha value is -2.35. The van der Waals surface area contributed by atoms with Gasteiger partial charge in [-0.25, -0.2) is 4.79 Å². The van der Waals surface area contributed by atoms with Gasteiger partial charge in [-0.15, -0.1) is 0 Å². The third-order valence-corrected chi connectivity index (χ3v) is 4.98. The molecule has 1 N–H and O–H groups in total. The summed E-state index contributed by atoms with van der Waals surface area (Å²) in [7, 11) is 0. The lowest BCUT2D eigenvalue weighted by Gasteiger charge is -2.33. The standard InChI is InChI=1S/C22H24O2/c1-14(2)16-11-12-22(3,4)20-10-9-15(13-19(16)20)17-7-5-6-8-18(17)21(23)24/h5-11,13-14H,12H2,1-4H3,(H,23,24). The van der Waals surface area contributed by atoms with Crippen LogP contribution in [-0.2, 0) is 5.41 Å². The molecule has 0 fully saturated rings. The monoisotopic (exact) mass is 320 g/mol. The summed E-state index contributed by atoms with van der Waals surface area (Å²) in [5.41, 5.74) is 6.18. The fourth-order valence-corrected chi connectivity index (χ4v) is 3.59. The number of hydrogen-bond donors (Lipinski definition) is 1. The van der Waals surface area contributed by atoms with Crippen LogP contribution in [0.4, 0.5) is 0 Å². The Morgan fingerprint density at radius 2 is 1.79 bits per heavy atom. The summed E-state index contributed by atoms with van der Waals surface area (Å²) in [5, 5.41) is 9.48. The van der Waals surface area contributed by atoms with Crippen LogP contribution in [0.3, 0.4) is 0 Å². The van der Waals surface area contributed by atoms with E-state index in [0.29, 0.717) is 11.5 Å². The van der Waals surface area contributed by atoms with E-state index >= 15 is 0 Å². The minimum atomic E-state index is -0.886. The van der Waals surface area contributed by atoms with Gasteiger partial charge in [0.15, 0.2) is 0 Å². The van der Waals surface area contributed by atoms with E-state index in [0.717, 1.165) is 17.5 Å². The summed E-state index contributed by atoms with van der Waals surface area (Å²) >= 11 is 0. The van der Waals surface area contributed by atoms with Gasteiger partial charge < -0.3 is 5.11 Å². The first kappa shape index (κ1) is 16.5. The Morgan fingerprint density at radius 1 is 1.08 bits per heavy atom. The summed E-state index contributed by atoms with van der Waals surface area (Å²) in [4.78, 5) is 11.5. The molecule has 2 heteroatoms. The zero-order valence-electron chi connectivity index (χ0n) is 14.8. The van der Waals surface area contributed by atoms with Crippen molar-refractivity contribution in [2.45, 2.75) is 39.5 Å². The zero-order chi connectivity index (χ0) is 17.5. The zero-order valence-corrected chi connectivity index (χ0v) is 14.8. The molecule has 0 aromatic heterocycles. The van der Waals surface area contributed by atoms with Gasteiger partial charge in [0, 0.05) is 0 Å². The van der Waals surface area contributed by atoms with Crippen LogP contribution < -0.4 is 0 Å². The Balaban J connectivity index is 2.21. The number of hydrogen-bond acceptors (Lipinski definition) is 1. The molecule has 0 heterocycles. The maximum atomic E-state index is 11.5. The number of benzene rings is 2. The second-order valence-corrected chi connectivity index (χ2v) is 7.51. The molecule has 1 aliphatic carbocycles. The van der Waals surface area contributed by atoms with Gasteiger partial charge in [-0.3, -0.25) is 0 Å². The Bertz CT molecular complexity index is 826. The lowest BCUT2D eigenvalue weighted by Crippen LogP contribution is -2.22. The molecule has 0 radical (unpaired) electrons. The number of allylic oxidation sites excluding steroid dienone is 2. The molecule has 1 aliphatic rings. The van der Waals surface area contributed by atoms with E-state index in [4.69, 9.17) is 0 Å². The predicted molar refractivity (Wildman–Crippen MR) is 99.3 cm³/mol. The molecule has 0 unspecified atom stereocenters. The molecule has 2 nitrogen and oxygen atoms in total. The number of carboxylic acid groups (broad SMARTS) is 1. The SMILES string of the molecule is CC(C)C1=CCC(C)(C)c2ccc(-c3ccccc3C(=O)O)cc21. The summed E-state index contributed by atoms with van der Waals surface area (Å²) in [6.45, 7) is 8.96. The summed E-state index contributed by atoms with van der Waals surface area (Å²) in [5.74, 6) is -0.437. The molecule has 0 bridgehead atoms. The number of carbonyl (C=O) groups is 1. The lowest BCUT2D eigenvalue weighted by atomic mass is 9.71. The van der Waals surface area contributed by atoms with Crippen LogP contribution in [0.5, 0.6) is 0 Å². The number of rotatable bonds is 3. The largest absolute Gasteiger partial charge is 0.478 e. The van der Waals surface area contributed by atoms with E-state index in [-0.39, 0.29) is 5.41 Å². The Labute approximate surface area is 143 Å². The fraction of sp³-hybridized carbons (Fsp3) is 0.318. The molecule has 0 amide bonds. The van der Waals surface area contributed by atoms with Crippen molar-refractivity contribution in [2.75, 3.05) is 0 Å². The van der Waals surface area contributed by atoms with Crippen LogP contribution in [0, 0.1) is 5.92 Å². The van der Waals surface area contributed by atoms with Gasteiger partial charge in [-0.2, -0.15) is 0 Å². The first-order valence-corrected chi connectivity index (χ1v) is 8.49. The quantitative estimate of drug-likeness (QED) is 0.779. The van der Waals surface area contributed by atoms with Crippen molar-refractivity contribution in [3.8, 4) is 11.1 Å². The molecule has 124 valence electrons. The highest BCUT2D eigenvalue weighted by Gasteiger charge is 2.29. The van der Waals surface area contributed by atoms with Crippen molar-refractivity contribution in [3.05, 3.63) is 65.2 Å². The summed E-state index contributed by atoms with van der Waals surface area (Å²) in [6.07, 6.45) is 3.39. The van der Waals surface area contributed by atoms with E-state index in [1.807, 2.05) is 12.1 Å². The van der Waals surface area contributed by atoms with E-state index in [2.05, 4.69) is 52.0 Å². The molecule has 0 saturated carbocycles. The van der Waals surface area contributed by atoms with E-state index in [1.54, 1.807) is 12.1 Å². The van der Waals surface area contributed by atoms with Crippen LogP contribution in [0.1, 0.15) is 55.6 Å². The topological polar surface area (TPSA) is 37.3 Å². The summed E-state index contributed by atoms with van der Waals surface area (Å²) in [6, 6.07) is 13.6. The maximum Gasteiger partial charge on any atom is 0.336 e. The van der Waals surface area contributed by atoms with Gasteiger partial charge in [0.25, 0.3) is 0 Å². The van der Waals surface area contributed by atoms with Gasteiger partial charge in [-0.05, 0) is 57.7 Å². The molecule has 24 heavy (non-hydrogen) atoms. The van der Waals surface area contributed by atoms with E-state index in [1.165, 1.54) is 16.7 Å². The molecular formula is C22H24O2. The molecule has 0 spiro atoms. The fourth-order valence-electron chi connectivity index (χ4n) is 3.59. The van der Waals surface area contributed by atoms with Gasteiger partial charge in [0.1, 0.15) is 0 Å². The Morgan fingerprint density at radius 3 is 2.46 bits per heavy atom. The minimum Gasteiger partial charge on any atom is -0.478 e. The second-order valence-electron chi connectivity index (χ2n) is 7.51. The average molecular weight is 320 g/mol. The van der Waals surface area contributed by atoms with Crippen molar-refractivity contribution in [2.24, 2.45) is 5.92 Å². The van der Waals surface area contributed by atoms with E-state index < -0.39 is 5.97 Å². The van der Waals surface area contributed by atoms with Crippen molar-refractivity contribution < 1.29 is 9.90 Å². The smallest absolute Gasteiger partial charge is 0.336 e. The van der Waals surface area contributed by atoms with Crippen LogP contribution in [0.15, 0.2) is 48.5 Å². The van der Waals surface area contributed by atoms with Crippen molar-refractivity contribution in [1.29, 1.82) is 0 Å². The molecular weight excluding hydrogens is 296 g/mol. The van der Waals surface area contributed by atoms with Crippen molar-refractivity contribution in [3.63, 3.8) is 0 Å². The highest BCUT2D eigenvalue weighted by Crippen LogP contribution is 2.43.